The Morgan fingerprint density at radius 3 is 2.76 bits per heavy atom. The first-order valence-electron chi connectivity index (χ1n) is 6.17. The summed E-state index contributed by atoms with van der Waals surface area (Å²) >= 11 is 0. The van der Waals surface area contributed by atoms with Gasteiger partial charge in [-0.15, -0.1) is 0 Å². The van der Waals surface area contributed by atoms with Crippen molar-refractivity contribution in [1.82, 2.24) is 9.97 Å². The van der Waals surface area contributed by atoms with E-state index in [0.29, 0.717) is 5.92 Å². The van der Waals surface area contributed by atoms with Crippen LogP contribution in [0.5, 0.6) is 0 Å². The smallest absolute Gasteiger partial charge is 0.129 e. The van der Waals surface area contributed by atoms with E-state index in [4.69, 9.17) is 4.74 Å². The zero-order valence-corrected chi connectivity index (χ0v) is 11.0. The van der Waals surface area contributed by atoms with E-state index >= 15 is 0 Å². The Balaban J connectivity index is 2.07. The van der Waals surface area contributed by atoms with Crippen molar-refractivity contribution in [3.8, 4) is 0 Å². The number of ether oxygens (including phenoxy) is 1. The van der Waals surface area contributed by atoms with Gasteiger partial charge in [0, 0.05) is 13.3 Å². The molecule has 1 N–H and O–H groups in total. The number of nitrogens with one attached hydrogen (secondary N) is 1. The van der Waals surface area contributed by atoms with Crippen LogP contribution in [-0.4, -0.2) is 28.7 Å². The van der Waals surface area contributed by atoms with Crippen LogP contribution in [0.25, 0.3) is 0 Å². The average Bonchev–Trinajstić information content (AvgIpc) is 3.12. The van der Waals surface area contributed by atoms with Crippen LogP contribution in [0.3, 0.4) is 0 Å². The monoisotopic (exact) mass is 235 g/mol. The quantitative estimate of drug-likeness (QED) is 0.851. The van der Waals surface area contributed by atoms with Crippen LogP contribution in [-0.2, 0) is 4.74 Å². The van der Waals surface area contributed by atoms with E-state index in [0.717, 1.165) is 11.6 Å². The number of methoxy groups -OCH3 is 1. The molecular weight excluding hydrogens is 214 g/mol. The molecule has 1 fully saturated rings. The predicted molar refractivity (Wildman–Crippen MR) is 68.0 cm³/mol. The van der Waals surface area contributed by atoms with Gasteiger partial charge in [-0.2, -0.15) is 0 Å². The molecule has 1 aliphatic carbocycles. The molecule has 1 aromatic heterocycles. The molecule has 2 rings (SSSR count). The molecule has 94 valence electrons. The molecule has 0 spiro atoms. The van der Waals surface area contributed by atoms with Gasteiger partial charge in [-0.1, -0.05) is 0 Å². The van der Waals surface area contributed by atoms with Crippen LogP contribution in [0, 0.1) is 12.8 Å². The zero-order valence-electron chi connectivity index (χ0n) is 11.0. The molecule has 0 amide bonds. The van der Waals surface area contributed by atoms with Crippen LogP contribution in [0.15, 0.2) is 12.3 Å². The molecule has 4 nitrogen and oxygen atoms in total. The maximum atomic E-state index is 5.72. The van der Waals surface area contributed by atoms with Crippen molar-refractivity contribution >= 4 is 5.82 Å². The third kappa shape index (κ3) is 2.57. The summed E-state index contributed by atoms with van der Waals surface area (Å²) in [5, 5.41) is 3.42. The molecule has 0 unspecified atom stereocenters. The third-order valence-electron chi connectivity index (χ3n) is 3.83. The van der Waals surface area contributed by atoms with E-state index in [2.05, 4.69) is 29.1 Å². The van der Waals surface area contributed by atoms with Crippen LogP contribution < -0.4 is 5.32 Å². The molecule has 1 aromatic rings. The van der Waals surface area contributed by atoms with Gasteiger partial charge in [-0.25, -0.2) is 9.97 Å². The van der Waals surface area contributed by atoms with Crippen molar-refractivity contribution in [3.63, 3.8) is 0 Å². The first-order valence-corrected chi connectivity index (χ1v) is 6.17. The summed E-state index contributed by atoms with van der Waals surface area (Å²) in [6, 6.07) is 2.13. The first-order chi connectivity index (χ1) is 8.06. The Morgan fingerprint density at radius 1 is 1.53 bits per heavy atom. The molecule has 1 aliphatic rings. The molecule has 1 heterocycles. The van der Waals surface area contributed by atoms with Crippen molar-refractivity contribution < 1.29 is 4.74 Å². The zero-order chi connectivity index (χ0) is 12.5. The van der Waals surface area contributed by atoms with Gasteiger partial charge in [-0.3, -0.25) is 0 Å². The molecule has 0 bridgehead atoms. The number of hydrogen-bond acceptors (Lipinski definition) is 4. The summed E-state index contributed by atoms with van der Waals surface area (Å²) in [6.07, 6.45) is 4.30. The summed E-state index contributed by atoms with van der Waals surface area (Å²) in [5.41, 5.74) is -0.112. The summed E-state index contributed by atoms with van der Waals surface area (Å²) in [6.45, 7) is 6.22. The largest absolute Gasteiger partial charge is 0.376 e. The fraction of sp³-hybridized carbons (Fsp3) is 0.692. The fourth-order valence-electron chi connectivity index (χ4n) is 2.26. The van der Waals surface area contributed by atoms with E-state index in [1.807, 2.05) is 13.0 Å². The highest BCUT2D eigenvalue weighted by Gasteiger charge is 2.45. The second kappa shape index (κ2) is 4.61. The van der Waals surface area contributed by atoms with Crippen LogP contribution in [0.1, 0.15) is 32.5 Å². The fourth-order valence-corrected chi connectivity index (χ4v) is 2.26. The van der Waals surface area contributed by atoms with Crippen molar-refractivity contribution in [3.05, 3.63) is 18.1 Å². The minimum atomic E-state index is -0.112. The maximum absolute atomic E-state index is 5.72. The first kappa shape index (κ1) is 12.3. The Labute approximate surface area is 103 Å². The van der Waals surface area contributed by atoms with Crippen molar-refractivity contribution in [2.45, 2.75) is 45.3 Å². The minimum Gasteiger partial charge on any atom is -0.376 e. The van der Waals surface area contributed by atoms with Gasteiger partial charge in [-0.05, 0) is 45.6 Å². The van der Waals surface area contributed by atoms with E-state index in [1.54, 1.807) is 13.3 Å². The van der Waals surface area contributed by atoms with Gasteiger partial charge >= 0.3 is 0 Å². The molecular formula is C13H21N3O. The number of anilines is 1. The maximum Gasteiger partial charge on any atom is 0.129 e. The topological polar surface area (TPSA) is 47.0 Å². The number of rotatable bonds is 5. The summed E-state index contributed by atoms with van der Waals surface area (Å²) < 4.78 is 5.72. The van der Waals surface area contributed by atoms with Gasteiger partial charge in [0.15, 0.2) is 0 Å². The molecule has 1 saturated carbocycles. The molecule has 0 aliphatic heterocycles. The summed E-state index contributed by atoms with van der Waals surface area (Å²) in [7, 11) is 1.79. The second-order valence-corrected chi connectivity index (χ2v) is 5.02. The highest BCUT2D eigenvalue weighted by molar-refractivity contribution is 5.35. The van der Waals surface area contributed by atoms with Crippen molar-refractivity contribution in [2.75, 3.05) is 12.4 Å². The van der Waals surface area contributed by atoms with E-state index in [9.17, 15) is 0 Å². The second-order valence-electron chi connectivity index (χ2n) is 5.02. The Hall–Kier alpha value is -1.16. The Morgan fingerprint density at radius 2 is 2.24 bits per heavy atom. The number of aromatic nitrogens is 2. The number of hydrogen-bond donors (Lipinski definition) is 1. The van der Waals surface area contributed by atoms with Crippen molar-refractivity contribution in [2.24, 2.45) is 5.92 Å². The third-order valence-corrected chi connectivity index (χ3v) is 3.83. The molecule has 0 aromatic carbocycles. The lowest BCUT2D eigenvalue weighted by molar-refractivity contribution is -0.0246. The van der Waals surface area contributed by atoms with E-state index < -0.39 is 0 Å². The number of aryl methyl sites for hydroxylation is 1. The molecule has 0 radical (unpaired) electrons. The lowest BCUT2D eigenvalue weighted by atomic mass is 9.92. The lowest BCUT2D eigenvalue weighted by Crippen LogP contribution is -2.46. The molecule has 2 atom stereocenters. The minimum absolute atomic E-state index is 0.112. The van der Waals surface area contributed by atoms with Gasteiger partial charge in [0.05, 0.1) is 11.6 Å². The van der Waals surface area contributed by atoms with Gasteiger partial charge < -0.3 is 10.1 Å². The standard InChI is InChI=1S/C13H21N3O/c1-9(13(3,17-4)11-5-6-11)15-12-7-8-14-10(2)16-12/h7-9,11H,5-6H2,1-4H3,(H,14,15,16)/t9-,13-/m0/s1. The summed E-state index contributed by atoms with van der Waals surface area (Å²) in [5.74, 6) is 2.32. The SMILES string of the molecule is CO[C@](C)(C1CC1)[C@H](C)Nc1ccnc(C)n1. The van der Waals surface area contributed by atoms with Crippen LogP contribution in [0.4, 0.5) is 5.82 Å². The van der Waals surface area contributed by atoms with Crippen molar-refractivity contribution in [1.29, 1.82) is 0 Å². The molecule has 17 heavy (non-hydrogen) atoms. The molecule has 0 saturated heterocycles. The van der Waals surface area contributed by atoms with Gasteiger partial charge in [0.2, 0.25) is 0 Å². The van der Waals surface area contributed by atoms with Gasteiger partial charge in [0.25, 0.3) is 0 Å². The normalized spacial score (nSPS) is 20.7. The van der Waals surface area contributed by atoms with E-state index in [1.165, 1.54) is 12.8 Å². The van der Waals surface area contributed by atoms with Gasteiger partial charge in [0.1, 0.15) is 11.6 Å². The van der Waals surface area contributed by atoms with E-state index in [-0.39, 0.29) is 11.6 Å². The highest BCUT2D eigenvalue weighted by atomic mass is 16.5. The average molecular weight is 235 g/mol. The highest BCUT2D eigenvalue weighted by Crippen LogP contribution is 2.43. The number of nitrogens with zero attached hydrogens (tertiary/aromatic N) is 2. The Kier molecular flexibility index (Phi) is 3.33. The van der Waals surface area contributed by atoms with Crippen LogP contribution >= 0.6 is 0 Å². The summed E-state index contributed by atoms with van der Waals surface area (Å²) in [4.78, 5) is 8.46. The lowest BCUT2D eigenvalue weighted by Gasteiger charge is -2.35. The van der Waals surface area contributed by atoms with Crippen LogP contribution in [0.2, 0.25) is 0 Å². The Bertz CT molecular complexity index is 392. The predicted octanol–water partition coefficient (Wildman–Crippen LogP) is 2.40. The molecule has 4 heteroatoms.